The average Bonchev–Trinajstić information content (AvgIpc) is 2.49. The summed E-state index contributed by atoms with van der Waals surface area (Å²) in [6.45, 7) is 6.36. The van der Waals surface area contributed by atoms with Crippen LogP contribution in [0.3, 0.4) is 0 Å². The van der Waals surface area contributed by atoms with Gasteiger partial charge in [-0.3, -0.25) is 10.1 Å². The van der Waals surface area contributed by atoms with Gasteiger partial charge in [0.25, 0.3) is 5.91 Å². The lowest BCUT2D eigenvalue weighted by atomic mass is 9.87. The van der Waals surface area contributed by atoms with Crippen LogP contribution >= 0.6 is 12.2 Å². The maximum absolute atomic E-state index is 12.2. The monoisotopic (exact) mass is 328 g/mol. The standard InChI is InChI=1S/C18H20N2O2S/c1-18(2,3)13-10-8-12(9-11-13)16(22)20-17(23)19-14-6-4-5-7-15(14)21/h4-11,21H,1-3H3,(H2,19,20,22,23). The van der Waals surface area contributed by atoms with Gasteiger partial charge in [0.1, 0.15) is 5.75 Å². The SMILES string of the molecule is CC(C)(C)c1ccc(C(=O)NC(=S)Nc2ccccc2O)cc1. The summed E-state index contributed by atoms with van der Waals surface area (Å²) in [5.74, 6) is -0.225. The Morgan fingerprint density at radius 2 is 1.65 bits per heavy atom. The van der Waals surface area contributed by atoms with E-state index in [0.717, 1.165) is 5.56 Å². The number of nitrogens with one attached hydrogen (secondary N) is 2. The Morgan fingerprint density at radius 1 is 1.04 bits per heavy atom. The van der Waals surface area contributed by atoms with Crippen LogP contribution in [0.15, 0.2) is 48.5 Å². The van der Waals surface area contributed by atoms with E-state index in [1.165, 1.54) is 6.07 Å². The second-order valence-corrected chi connectivity index (χ2v) is 6.66. The predicted octanol–water partition coefficient (Wildman–Crippen LogP) is 3.82. The minimum absolute atomic E-state index is 0.0384. The number of hydrogen-bond donors (Lipinski definition) is 3. The Labute approximate surface area is 141 Å². The zero-order valence-corrected chi connectivity index (χ0v) is 14.2. The van der Waals surface area contributed by atoms with Crippen LogP contribution in [-0.4, -0.2) is 16.1 Å². The molecule has 2 rings (SSSR count). The largest absolute Gasteiger partial charge is 0.506 e. The number of thiocarbonyl (C=S) groups is 1. The van der Waals surface area contributed by atoms with Gasteiger partial charge in [0.05, 0.1) is 5.69 Å². The van der Waals surface area contributed by atoms with Crippen molar-refractivity contribution in [3.8, 4) is 5.75 Å². The number of phenols is 1. The van der Waals surface area contributed by atoms with Crippen LogP contribution in [0.2, 0.25) is 0 Å². The lowest BCUT2D eigenvalue weighted by molar-refractivity contribution is 0.0977. The van der Waals surface area contributed by atoms with Crippen LogP contribution in [0, 0.1) is 0 Å². The molecule has 0 spiro atoms. The van der Waals surface area contributed by atoms with Crippen molar-refractivity contribution < 1.29 is 9.90 Å². The van der Waals surface area contributed by atoms with E-state index < -0.39 is 0 Å². The minimum atomic E-state index is -0.293. The Balaban J connectivity index is 2.01. The third kappa shape index (κ3) is 4.53. The number of amides is 1. The topological polar surface area (TPSA) is 61.4 Å². The van der Waals surface area contributed by atoms with E-state index >= 15 is 0 Å². The fraction of sp³-hybridized carbons (Fsp3) is 0.222. The van der Waals surface area contributed by atoms with Crippen LogP contribution in [0.4, 0.5) is 5.69 Å². The van der Waals surface area contributed by atoms with Gasteiger partial charge in [-0.05, 0) is 47.5 Å². The number of carbonyl (C=O) groups excluding carboxylic acids is 1. The van der Waals surface area contributed by atoms with Crippen molar-refractivity contribution in [3.63, 3.8) is 0 Å². The highest BCUT2D eigenvalue weighted by Gasteiger charge is 2.15. The molecule has 5 heteroatoms. The predicted molar refractivity (Wildman–Crippen MR) is 96.9 cm³/mol. The molecule has 0 unspecified atom stereocenters. The van der Waals surface area contributed by atoms with Crippen molar-refractivity contribution in [1.29, 1.82) is 0 Å². The van der Waals surface area contributed by atoms with Gasteiger partial charge in [0, 0.05) is 5.56 Å². The molecule has 0 bridgehead atoms. The summed E-state index contributed by atoms with van der Waals surface area (Å²) in [6, 6.07) is 14.1. The second kappa shape index (κ2) is 6.79. The molecule has 0 saturated carbocycles. The molecule has 0 atom stereocenters. The number of aromatic hydroxyl groups is 1. The van der Waals surface area contributed by atoms with Gasteiger partial charge in [0.15, 0.2) is 5.11 Å². The molecule has 2 aromatic rings. The molecule has 0 aromatic heterocycles. The number of para-hydroxylation sites is 2. The Bertz CT molecular complexity index is 719. The lowest BCUT2D eigenvalue weighted by Gasteiger charge is -2.19. The first-order chi connectivity index (χ1) is 10.8. The van der Waals surface area contributed by atoms with Gasteiger partial charge in [0.2, 0.25) is 0 Å². The molecule has 120 valence electrons. The van der Waals surface area contributed by atoms with Gasteiger partial charge in [-0.2, -0.15) is 0 Å². The van der Waals surface area contributed by atoms with E-state index in [9.17, 15) is 9.90 Å². The number of phenolic OH excluding ortho intramolecular Hbond substituents is 1. The van der Waals surface area contributed by atoms with Crippen LogP contribution in [-0.2, 0) is 5.41 Å². The first-order valence-corrected chi connectivity index (χ1v) is 7.69. The van der Waals surface area contributed by atoms with Gasteiger partial charge in [-0.15, -0.1) is 0 Å². The molecule has 4 nitrogen and oxygen atoms in total. The number of anilines is 1. The molecule has 0 radical (unpaired) electrons. The summed E-state index contributed by atoms with van der Waals surface area (Å²) >= 11 is 5.10. The third-order valence-electron chi connectivity index (χ3n) is 3.39. The molecular formula is C18H20N2O2S. The van der Waals surface area contributed by atoms with E-state index in [0.29, 0.717) is 11.3 Å². The van der Waals surface area contributed by atoms with Crippen molar-refractivity contribution in [2.24, 2.45) is 0 Å². The Kier molecular flexibility index (Phi) is 5.01. The molecule has 0 saturated heterocycles. The minimum Gasteiger partial charge on any atom is -0.506 e. The van der Waals surface area contributed by atoms with Crippen molar-refractivity contribution in [3.05, 3.63) is 59.7 Å². The van der Waals surface area contributed by atoms with Gasteiger partial charge < -0.3 is 10.4 Å². The van der Waals surface area contributed by atoms with E-state index in [2.05, 4.69) is 31.4 Å². The first-order valence-electron chi connectivity index (χ1n) is 7.28. The van der Waals surface area contributed by atoms with E-state index in [4.69, 9.17) is 12.2 Å². The molecule has 1 amide bonds. The highest BCUT2D eigenvalue weighted by Crippen LogP contribution is 2.22. The fourth-order valence-electron chi connectivity index (χ4n) is 2.03. The zero-order chi connectivity index (χ0) is 17.0. The molecule has 0 aliphatic carbocycles. The summed E-state index contributed by atoms with van der Waals surface area (Å²) < 4.78 is 0. The molecule has 0 aliphatic rings. The summed E-state index contributed by atoms with van der Waals surface area (Å²) in [6.07, 6.45) is 0. The van der Waals surface area contributed by atoms with Crippen LogP contribution in [0.5, 0.6) is 5.75 Å². The maximum atomic E-state index is 12.2. The first kappa shape index (κ1) is 17.0. The van der Waals surface area contributed by atoms with E-state index in [1.807, 2.05) is 12.1 Å². The smallest absolute Gasteiger partial charge is 0.257 e. The lowest BCUT2D eigenvalue weighted by Crippen LogP contribution is -2.34. The highest BCUT2D eigenvalue weighted by molar-refractivity contribution is 7.80. The van der Waals surface area contributed by atoms with Crippen molar-refractivity contribution in [2.45, 2.75) is 26.2 Å². The quantitative estimate of drug-likeness (QED) is 0.579. The van der Waals surface area contributed by atoms with Crippen LogP contribution in [0.1, 0.15) is 36.7 Å². The molecule has 23 heavy (non-hydrogen) atoms. The summed E-state index contributed by atoms with van der Waals surface area (Å²) in [7, 11) is 0. The number of carbonyl (C=O) groups is 1. The number of hydrogen-bond acceptors (Lipinski definition) is 3. The highest BCUT2D eigenvalue weighted by atomic mass is 32.1. The third-order valence-corrected chi connectivity index (χ3v) is 3.60. The second-order valence-electron chi connectivity index (χ2n) is 6.25. The average molecular weight is 328 g/mol. The van der Waals surface area contributed by atoms with Crippen LogP contribution < -0.4 is 10.6 Å². The number of rotatable bonds is 2. The molecule has 0 heterocycles. The zero-order valence-electron chi connectivity index (χ0n) is 13.4. The normalized spacial score (nSPS) is 10.9. The molecule has 2 aromatic carbocycles. The molecule has 3 N–H and O–H groups in total. The number of benzene rings is 2. The van der Waals surface area contributed by atoms with Crippen LogP contribution in [0.25, 0.3) is 0 Å². The summed E-state index contributed by atoms with van der Waals surface area (Å²) in [5, 5.41) is 15.2. The van der Waals surface area contributed by atoms with Crippen molar-refractivity contribution >= 4 is 28.9 Å². The molecule has 0 aliphatic heterocycles. The van der Waals surface area contributed by atoms with Gasteiger partial charge in [-0.25, -0.2) is 0 Å². The van der Waals surface area contributed by atoms with E-state index in [1.54, 1.807) is 30.3 Å². The summed E-state index contributed by atoms with van der Waals surface area (Å²) in [5.41, 5.74) is 2.17. The van der Waals surface area contributed by atoms with E-state index in [-0.39, 0.29) is 22.2 Å². The Morgan fingerprint density at radius 3 is 2.22 bits per heavy atom. The molecular weight excluding hydrogens is 308 g/mol. The van der Waals surface area contributed by atoms with Crippen molar-refractivity contribution in [1.82, 2.24) is 5.32 Å². The van der Waals surface area contributed by atoms with Gasteiger partial charge in [-0.1, -0.05) is 45.0 Å². The van der Waals surface area contributed by atoms with Crippen molar-refractivity contribution in [2.75, 3.05) is 5.32 Å². The molecule has 0 fully saturated rings. The maximum Gasteiger partial charge on any atom is 0.257 e. The fourth-order valence-corrected chi connectivity index (χ4v) is 2.23. The van der Waals surface area contributed by atoms with Gasteiger partial charge >= 0.3 is 0 Å². The summed E-state index contributed by atoms with van der Waals surface area (Å²) in [4.78, 5) is 12.2. The Hall–Kier alpha value is -2.40.